The summed E-state index contributed by atoms with van der Waals surface area (Å²) in [5, 5.41) is 11.1. The molecule has 0 bridgehead atoms. The average molecular weight is 293 g/mol. The predicted molar refractivity (Wildman–Crippen MR) is 81.2 cm³/mol. The first kappa shape index (κ1) is 14.1. The molecule has 2 aliphatic rings. The molecule has 1 aliphatic carbocycles. The van der Waals surface area contributed by atoms with Crippen LogP contribution in [0.15, 0.2) is 5.38 Å². The Bertz CT molecular complexity index is 497. The first-order chi connectivity index (χ1) is 9.69. The molecule has 3 rings (SSSR count). The Morgan fingerprint density at radius 1 is 1.50 bits per heavy atom. The quantitative estimate of drug-likeness (QED) is 0.931. The van der Waals surface area contributed by atoms with Gasteiger partial charge in [-0.3, -0.25) is 4.79 Å². The molecule has 2 heterocycles. The molecular formula is C16H23NO2S. The van der Waals surface area contributed by atoms with E-state index in [-0.39, 0.29) is 12.5 Å². The van der Waals surface area contributed by atoms with Gasteiger partial charge in [-0.05, 0) is 49.5 Å². The van der Waals surface area contributed by atoms with Gasteiger partial charge >= 0.3 is 0 Å². The number of amides is 1. The molecule has 110 valence electrons. The lowest BCUT2D eigenvalue weighted by Gasteiger charge is -2.21. The number of nitrogens with zero attached hydrogens (tertiary/aromatic N) is 1. The fourth-order valence-electron chi connectivity index (χ4n) is 3.46. The molecule has 0 aromatic carbocycles. The highest BCUT2D eigenvalue weighted by Crippen LogP contribution is 2.34. The van der Waals surface area contributed by atoms with Crippen LogP contribution in [0.1, 0.15) is 47.0 Å². The van der Waals surface area contributed by atoms with Crippen LogP contribution < -0.4 is 0 Å². The Kier molecular flexibility index (Phi) is 4.13. The van der Waals surface area contributed by atoms with Gasteiger partial charge in [-0.2, -0.15) is 0 Å². The number of thiophene rings is 1. The summed E-state index contributed by atoms with van der Waals surface area (Å²) >= 11 is 1.77. The highest BCUT2D eigenvalue weighted by molar-refractivity contribution is 7.10. The van der Waals surface area contributed by atoms with Crippen molar-refractivity contribution in [1.82, 2.24) is 4.90 Å². The highest BCUT2D eigenvalue weighted by atomic mass is 32.1. The number of hydrogen-bond acceptors (Lipinski definition) is 3. The fourth-order valence-corrected chi connectivity index (χ4v) is 4.70. The van der Waals surface area contributed by atoms with E-state index in [4.69, 9.17) is 5.11 Å². The van der Waals surface area contributed by atoms with Gasteiger partial charge in [0, 0.05) is 30.0 Å². The molecule has 1 saturated heterocycles. The normalized spacial score (nSPS) is 25.8. The first-order valence-electron chi connectivity index (χ1n) is 7.68. The van der Waals surface area contributed by atoms with Crippen LogP contribution in [0.5, 0.6) is 0 Å². The van der Waals surface area contributed by atoms with Gasteiger partial charge in [0.1, 0.15) is 0 Å². The smallest absolute Gasteiger partial charge is 0.254 e. The minimum absolute atomic E-state index is 0.220. The number of hydrogen-bond donors (Lipinski definition) is 1. The molecule has 3 nitrogen and oxygen atoms in total. The Balaban J connectivity index is 1.72. The zero-order valence-corrected chi connectivity index (χ0v) is 12.9. The minimum Gasteiger partial charge on any atom is -0.396 e. The van der Waals surface area contributed by atoms with Crippen LogP contribution in [0.25, 0.3) is 0 Å². The number of carbonyl (C=O) groups excluding carboxylic acids is 1. The van der Waals surface area contributed by atoms with E-state index < -0.39 is 0 Å². The van der Waals surface area contributed by atoms with Crippen molar-refractivity contribution in [3.05, 3.63) is 21.4 Å². The van der Waals surface area contributed by atoms with Crippen molar-refractivity contribution < 1.29 is 9.90 Å². The predicted octanol–water partition coefficient (Wildman–Crippen LogP) is 2.72. The van der Waals surface area contributed by atoms with Crippen LogP contribution in [0.2, 0.25) is 0 Å². The molecule has 0 spiro atoms. The van der Waals surface area contributed by atoms with Crippen LogP contribution >= 0.6 is 11.3 Å². The van der Waals surface area contributed by atoms with Crippen molar-refractivity contribution in [2.24, 2.45) is 11.8 Å². The summed E-state index contributed by atoms with van der Waals surface area (Å²) < 4.78 is 0. The molecular weight excluding hydrogens is 270 g/mol. The Morgan fingerprint density at radius 2 is 2.35 bits per heavy atom. The van der Waals surface area contributed by atoms with Gasteiger partial charge in [0.2, 0.25) is 0 Å². The Labute approximate surface area is 124 Å². The molecule has 0 saturated carbocycles. The van der Waals surface area contributed by atoms with Crippen molar-refractivity contribution in [2.75, 3.05) is 19.7 Å². The second kappa shape index (κ2) is 5.86. The molecule has 2 unspecified atom stereocenters. The lowest BCUT2D eigenvalue weighted by Crippen LogP contribution is -2.29. The number of aliphatic hydroxyl groups is 1. The van der Waals surface area contributed by atoms with Gasteiger partial charge < -0.3 is 10.0 Å². The van der Waals surface area contributed by atoms with Gasteiger partial charge in [-0.25, -0.2) is 0 Å². The fraction of sp³-hybridized carbons (Fsp3) is 0.688. The zero-order chi connectivity index (χ0) is 14.1. The van der Waals surface area contributed by atoms with E-state index in [2.05, 4.69) is 12.3 Å². The minimum atomic E-state index is 0.220. The maximum atomic E-state index is 12.7. The molecule has 4 heteroatoms. The third-order valence-corrected chi connectivity index (χ3v) is 5.79. The molecule has 1 N–H and O–H groups in total. The third-order valence-electron chi connectivity index (χ3n) is 4.74. The van der Waals surface area contributed by atoms with Crippen molar-refractivity contribution in [1.29, 1.82) is 0 Å². The number of fused-ring (bicyclic) bond motifs is 1. The highest BCUT2D eigenvalue weighted by Gasteiger charge is 2.30. The first-order valence-corrected chi connectivity index (χ1v) is 8.56. The summed E-state index contributed by atoms with van der Waals surface area (Å²) in [6.45, 7) is 4.20. The summed E-state index contributed by atoms with van der Waals surface area (Å²) in [5.74, 6) is 1.46. The number of carbonyl (C=O) groups is 1. The number of aliphatic hydroxyl groups excluding tert-OH is 1. The Morgan fingerprint density at radius 3 is 3.15 bits per heavy atom. The summed E-state index contributed by atoms with van der Waals surface area (Å²) in [6, 6.07) is 0. The average Bonchev–Trinajstić information content (AvgIpc) is 3.04. The second-order valence-electron chi connectivity index (χ2n) is 6.32. The lowest BCUT2D eigenvalue weighted by atomic mass is 9.88. The van der Waals surface area contributed by atoms with Crippen molar-refractivity contribution in [2.45, 2.75) is 39.0 Å². The topological polar surface area (TPSA) is 40.5 Å². The van der Waals surface area contributed by atoms with E-state index in [1.807, 2.05) is 4.90 Å². The van der Waals surface area contributed by atoms with E-state index in [9.17, 15) is 4.79 Å². The van der Waals surface area contributed by atoms with Crippen LogP contribution in [0.4, 0.5) is 0 Å². The molecule has 1 aromatic heterocycles. The van der Waals surface area contributed by atoms with E-state index in [1.165, 1.54) is 16.9 Å². The van der Waals surface area contributed by atoms with E-state index in [0.717, 1.165) is 50.3 Å². The maximum absolute atomic E-state index is 12.7. The standard InChI is InChI=1S/C16H23NO2S/c1-11-2-3-13-14(10-20-15(13)8-11)16(19)17-6-4-12(9-17)5-7-18/h10-12,18H,2-9H2,1H3. The third kappa shape index (κ3) is 2.63. The SMILES string of the molecule is CC1CCc2c(C(=O)N3CCC(CCO)C3)csc2C1. The summed E-state index contributed by atoms with van der Waals surface area (Å²) in [5.41, 5.74) is 2.28. The van der Waals surface area contributed by atoms with Crippen LogP contribution in [0, 0.1) is 11.8 Å². The molecule has 20 heavy (non-hydrogen) atoms. The van der Waals surface area contributed by atoms with Crippen molar-refractivity contribution in [3.8, 4) is 0 Å². The molecule has 0 radical (unpaired) electrons. The molecule has 1 aliphatic heterocycles. The summed E-state index contributed by atoms with van der Waals surface area (Å²) in [7, 11) is 0. The monoisotopic (exact) mass is 293 g/mol. The largest absolute Gasteiger partial charge is 0.396 e. The second-order valence-corrected chi connectivity index (χ2v) is 7.28. The maximum Gasteiger partial charge on any atom is 0.254 e. The summed E-state index contributed by atoms with van der Waals surface area (Å²) in [6.07, 6.45) is 5.27. The molecule has 1 fully saturated rings. The molecule has 2 atom stereocenters. The van der Waals surface area contributed by atoms with Crippen molar-refractivity contribution >= 4 is 17.2 Å². The number of rotatable bonds is 3. The number of likely N-dealkylation sites (tertiary alicyclic amines) is 1. The van der Waals surface area contributed by atoms with E-state index in [1.54, 1.807) is 11.3 Å². The summed E-state index contributed by atoms with van der Waals surface area (Å²) in [4.78, 5) is 16.1. The van der Waals surface area contributed by atoms with Crippen LogP contribution in [-0.2, 0) is 12.8 Å². The van der Waals surface area contributed by atoms with Gasteiger partial charge in [-0.15, -0.1) is 11.3 Å². The van der Waals surface area contributed by atoms with Gasteiger partial charge in [0.25, 0.3) is 5.91 Å². The zero-order valence-electron chi connectivity index (χ0n) is 12.1. The van der Waals surface area contributed by atoms with E-state index in [0.29, 0.717) is 5.92 Å². The Hall–Kier alpha value is -0.870. The lowest BCUT2D eigenvalue weighted by molar-refractivity contribution is 0.0784. The van der Waals surface area contributed by atoms with E-state index >= 15 is 0 Å². The van der Waals surface area contributed by atoms with Gasteiger partial charge in [-0.1, -0.05) is 6.92 Å². The van der Waals surface area contributed by atoms with Crippen molar-refractivity contribution in [3.63, 3.8) is 0 Å². The molecule has 1 amide bonds. The molecule has 1 aromatic rings. The van der Waals surface area contributed by atoms with Gasteiger partial charge in [0.15, 0.2) is 0 Å². The van der Waals surface area contributed by atoms with Gasteiger partial charge in [0.05, 0.1) is 5.56 Å². The van der Waals surface area contributed by atoms with Crippen LogP contribution in [0.3, 0.4) is 0 Å². The van der Waals surface area contributed by atoms with Crippen LogP contribution in [-0.4, -0.2) is 35.6 Å².